The first-order valence-electron chi connectivity index (χ1n) is 8.49. The largest absolute Gasteiger partial charge is 0.497 e. The van der Waals surface area contributed by atoms with Gasteiger partial charge < -0.3 is 19.6 Å². The van der Waals surface area contributed by atoms with Gasteiger partial charge in [-0.25, -0.2) is 4.79 Å². The molecule has 7 nitrogen and oxygen atoms in total. The maximum atomic E-state index is 12.8. The molecular weight excluding hydrogens is 324 g/mol. The third-order valence-corrected chi connectivity index (χ3v) is 4.93. The zero-order chi connectivity index (χ0) is 18.0. The number of rotatable bonds is 4. The van der Waals surface area contributed by atoms with Gasteiger partial charge in [-0.3, -0.25) is 9.59 Å². The number of carboxylic acid groups (broad SMARTS) is 1. The molecule has 2 atom stereocenters. The molecule has 7 heteroatoms. The molecule has 0 aliphatic carbocycles. The Balaban J connectivity index is 1.72. The Hall–Kier alpha value is -2.57. The molecule has 2 heterocycles. The molecule has 25 heavy (non-hydrogen) atoms. The number of anilines is 1. The Morgan fingerprint density at radius 1 is 1.20 bits per heavy atom. The number of hydrogen-bond donors (Lipinski definition) is 1. The fourth-order valence-electron chi connectivity index (χ4n) is 3.57. The summed E-state index contributed by atoms with van der Waals surface area (Å²) in [4.78, 5) is 39.6. The van der Waals surface area contributed by atoms with Gasteiger partial charge in [-0.05, 0) is 43.5 Å². The van der Waals surface area contributed by atoms with E-state index in [1.807, 2.05) is 0 Å². The summed E-state index contributed by atoms with van der Waals surface area (Å²) in [6.07, 6.45) is 2.21. The van der Waals surface area contributed by atoms with Gasteiger partial charge in [0, 0.05) is 25.2 Å². The summed E-state index contributed by atoms with van der Waals surface area (Å²) >= 11 is 0. The Morgan fingerprint density at radius 2 is 1.92 bits per heavy atom. The first-order valence-corrected chi connectivity index (χ1v) is 8.49. The second kappa shape index (κ2) is 7.13. The van der Waals surface area contributed by atoms with Gasteiger partial charge in [-0.2, -0.15) is 0 Å². The molecule has 2 fully saturated rings. The van der Waals surface area contributed by atoms with E-state index in [0.717, 1.165) is 18.5 Å². The number of likely N-dealkylation sites (tertiary alicyclic amines) is 1. The molecule has 1 unspecified atom stereocenters. The van der Waals surface area contributed by atoms with Crippen LogP contribution in [-0.4, -0.2) is 54.0 Å². The number of methoxy groups -OCH3 is 1. The minimum atomic E-state index is -0.968. The Bertz CT molecular complexity index is 673. The van der Waals surface area contributed by atoms with E-state index in [2.05, 4.69) is 0 Å². The quantitative estimate of drug-likeness (QED) is 0.893. The highest BCUT2D eigenvalue weighted by atomic mass is 16.5. The van der Waals surface area contributed by atoms with Crippen molar-refractivity contribution < 1.29 is 24.2 Å². The van der Waals surface area contributed by atoms with E-state index in [1.165, 1.54) is 4.90 Å². The minimum absolute atomic E-state index is 0.118. The van der Waals surface area contributed by atoms with Gasteiger partial charge >= 0.3 is 5.97 Å². The van der Waals surface area contributed by atoms with Gasteiger partial charge in [-0.1, -0.05) is 0 Å². The van der Waals surface area contributed by atoms with Gasteiger partial charge in [0.05, 0.1) is 13.0 Å². The van der Waals surface area contributed by atoms with E-state index in [-0.39, 0.29) is 24.8 Å². The number of carboxylic acids is 1. The predicted octanol–water partition coefficient (Wildman–Crippen LogP) is 1.51. The van der Waals surface area contributed by atoms with E-state index >= 15 is 0 Å². The van der Waals surface area contributed by atoms with Crippen molar-refractivity contribution in [2.24, 2.45) is 5.92 Å². The SMILES string of the molecule is COc1ccc(N2CC(C(=O)N3CCCC[C@@H]3C(=O)O)CC2=O)cc1. The summed E-state index contributed by atoms with van der Waals surface area (Å²) in [5, 5.41) is 9.35. The van der Waals surface area contributed by atoms with Crippen molar-refractivity contribution in [1.82, 2.24) is 4.90 Å². The molecule has 0 spiro atoms. The third kappa shape index (κ3) is 3.45. The lowest BCUT2D eigenvalue weighted by Gasteiger charge is -2.34. The number of piperidine rings is 1. The Kier molecular flexibility index (Phi) is 4.92. The standard InChI is InChI=1S/C18H22N2O5/c1-25-14-7-5-13(6-8-14)20-11-12(10-16(20)21)17(22)19-9-3-2-4-15(19)18(23)24/h5-8,12,15H,2-4,9-11H2,1H3,(H,23,24)/t12?,15-/m1/s1. The van der Waals surface area contributed by atoms with Gasteiger partial charge in [0.25, 0.3) is 0 Å². The van der Waals surface area contributed by atoms with Crippen LogP contribution < -0.4 is 9.64 Å². The molecule has 2 saturated heterocycles. The first kappa shape index (κ1) is 17.3. The maximum Gasteiger partial charge on any atom is 0.326 e. The van der Waals surface area contributed by atoms with Crippen molar-refractivity contribution in [3.05, 3.63) is 24.3 Å². The van der Waals surface area contributed by atoms with Crippen molar-refractivity contribution in [3.8, 4) is 5.75 Å². The Labute approximate surface area is 146 Å². The number of benzene rings is 1. The number of amides is 2. The summed E-state index contributed by atoms with van der Waals surface area (Å²) in [5.41, 5.74) is 0.717. The molecule has 0 radical (unpaired) electrons. The molecule has 2 aliphatic heterocycles. The summed E-state index contributed by atoms with van der Waals surface area (Å²) in [5.74, 6) is -1.11. The third-order valence-electron chi connectivity index (χ3n) is 4.93. The summed E-state index contributed by atoms with van der Waals surface area (Å²) < 4.78 is 5.11. The van der Waals surface area contributed by atoms with Crippen LogP contribution in [0.4, 0.5) is 5.69 Å². The number of carbonyl (C=O) groups excluding carboxylic acids is 2. The van der Waals surface area contributed by atoms with Crippen molar-refractivity contribution in [2.75, 3.05) is 25.1 Å². The highest BCUT2D eigenvalue weighted by Crippen LogP contribution is 2.29. The van der Waals surface area contributed by atoms with E-state index < -0.39 is 17.9 Å². The monoisotopic (exact) mass is 346 g/mol. The molecule has 134 valence electrons. The van der Waals surface area contributed by atoms with Crippen molar-refractivity contribution in [1.29, 1.82) is 0 Å². The second-order valence-electron chi connectivity index (χ2n) is 6.48. The van der Waals surface area contributed by atoms with Crippen LogP contribution in [0.1, 0.15) is 25.7 Å². The second-order valence-corrected chi connectivity index (χ2v) is 6.48. The van der Waals surface area contributed by atoms with Crippen LogP contribution in [0.25, 0.3) is 0 Å². The molecule has 2 amide bonds. The summed E-state index contributed by atoms with van der Waals surface area (Å²) in [6, 6.07) is 6.33. The van der Waals surface area contributed by atoms with Crippen molar-refractivity contribution >= 4 is 23.5 Å². The molecule has 1 aromatic rings. The highest BCUT2D eigenvalue weighted by Gasteiger charge is 2.41. The zero-order valence-electron chi connectivity index (χ0n) is 14.2. The van der Waals surface area contributed by atoms with Crippen LogP contribution >= 0.6 is 0 Å². The van der Waals surface area contributed by atoms with Crippen LogP contribution in [0.5, 0.6) is 5.75 Å². The fraction of sp³-hybridized carbons (Fsp3) is 0.500. The number of hydrogen-bond acceptors (Lipinski definition) is 4. The maximum absolute atomic E-state index is 12.8. The zero-order valence-corrected chi connectivity index (χ0v) is 14.2. The van der Waals surface area contributed by atoms with E-state index in [4.69, 9.17) is 4.74 Å². The summed E-state index contributed by atoms with van der Waals surface area (Å²) in [6.45, 7) is 0.732. The molecule has 1 N–H and O–H groups in total. The molecule has 0 saturated carbocycles. The van der Waals surface area contributed by atoms with E-state index in [1.54, 1.807) is 36.3 Å². The molecule has 0 aromatic heterocycles. The number of ether oxygens (including phenoxy) is 1. The number of nitrogens with zero attached hydrogens (tertiary/aromatic N) is 2. The minimum Gasteiger partial charge on any atom is -0.497 e. The molecular formula is C18H22N2O5. The van der Waals surface area contributed by atoms with Crippen LogP contribution in [-0.2, 0) is 14.4 Å². The van der Waals surface area contributed by atoms with Crippen molar-refractivity contribution in [3.63, 3.8) is 0 Å². The van der Waals surface area contributed by atoms with Crippen molar-refractivity contribution in [2.45, 2.75) is 31.7 Å². The van der Waals surface area contributed by atoms with Crippen LogP contribution in [0.15, 0.2) is 24.3 Å². The van der Waals surface area contributed by atoms with Gasteiger partial charge in [0.15, 0.2) is 0 Å². The average molecular weight is 346 g/mol. The highest BCUT2D eigenvalue weighted by molar-refractivity contribution is 6.00. The average Bonchev–Trinajstić information content (AvgIpc) is 3.03. The van der Waals surface area contributed by atoms with Crippen LogP contribution in [0.2, 0.25) is 0 Å². The summed E-state index contributed by atoms with van der Waals surface area (Å²) in [7, 11) is 1.57. The Morgan fingerprint density at radius 3 is 2.56 bits per heavy atom. The lowest BCUT2D eigenvalue weighted by atomic mass is 9.98. The first-order chi connectivity index (χ1) is 12.0. The molecule has 2 aliphatic rings. The van der Waals surface area contributed by atoms with Gasteiger partial charge in [0.1, 0.15) is 11.8 Å². The smallest absolute Gasteiger partial charge is 0.326 e. The lowest BCUT2D eigenvalue weighted by molar-refractivity contribution is -0.153. The van der Waals surface area contributed by atoms with E-state index in [0.29, 0.717) is 18.7 Å². The van der Waals surface area contributed by atoms with Crippen LogP contribution in [0.3, 0.4) is 0 Å². The van der Waals surface area contributed by atoms with Crippen LogP contribution in [0, 0.1) is 5.92 Å². The normalized spacial score (nSPS) is 23.6. The topological polar surface area (TPSA) is 87.2 Å². The number of carbonyl (C=O) groups is 3. The van der Waals surface area contributed by atoms with Gasteiger partial charge in [-0.15, -0.1) is 0 Å². The van der Waals surface area contributed by atoms with E-state index in [9.17, 15) is 19.5 Å². The number of aliphatic carboxylic acids is 1. The molecule has 0 bridgehead atoms. The molecule has 3 rings (SSSR count). The predicted molar refractivity (Wildman–Crippen MR) is 90.4 cm³/mol. The lowest BCUT2D eigenvalue weighted by Crippen LogP contribution is -2.50. The molecule has 1 aromatic carbocycles. The van der Waals surface area contributed by atoms with Gasteiger partial charge in [0.2, 0.25) is 11.8 Å². The fourth-order valence-corrected chi connectivity index (χ4v) is 3.57.